The lowest BCUT2D eigenvalue weighted by Gasteiger charge is -2.16. The molecule has 1 nitrogen and oxygen atoms in total. The van der Waals surface area contributed by atoms with Crippen LogP contribution in [-0.2, 0) is 5.92 Å². The van der Waals surface area contributed by atoms with E-state index in [1.807, 2.05) is 0 Å². The minimum atomic E-state index is -3.03. The van der Waals surface area contributed by atoms with Crippen molar-refractivity contribution in [3.8, 4) is 5.75 Å². The first-order valence-electron chi connectivity index (χ1n) is 4.83. The normalized spacial score (nSPS) is 11.4. The van der Waals surface area contributed by atoms with Gasteiger partial charge >= 0.3 is 0 Å². The smallest absolute Gasteiger partial charge is 0.298 e. The van der Waals surface area contributed by atoms with Gasteiger partial charge < -0.3 is 5.11 Å². The highest BCUT2D eigenvalue weighted by Gasteiger charge is 2.33. The van der Waals surface area contributed by atoms with Crippen LogP contribution < -0.4 is 0 Å². The van der Waals surface area contributed by atoms with E-state index in [9.17, 15) is 8.78 Å². The first kappa shape index (κ1) is 10.6. The summed E-state index contributed by atoms with van der Waals surface area (Å²) in [5.74, 6) is -3.05. The fourth-order valence-corrected chi connectivity index (χ4v) is 1.48. The van der Waals surface area contributed by atoms with E-state index < -0.39 is 5.92 Å². The zero-order chi connectivity index (χ0) is 11.6. The van der Waals surface area contributed by atoms with E-state index in [0.717, 1.165) is 0 Å². The molecule has 0 fully saturated rings. The molecule has 0 atom stereocenters. The molecule has 0 bridgehead atoms. The highest BCUT2D eigenvalue weighted by molar-refractivity contribution is 5.36. The lowest BCUT2D eigenvalue weighted by Crippen LogP contribution is -2.14. The highest BCUT2D eigenvalue weighted by atomic mass is 19.3. The molecule has 0 unspecified atom stereocenters. The van der Waals surface area contributed by atoms with Gasteiger partial charge in [0.2, 0.25) is 0 Å². The fourth-order valence-electron chi connectivity index (χ4n) is 1.48. The van der Waals surface area contributed by atoms with Crippen molar-refractivity contribution < 1.29 is 13.9 Å². The number of rotatable bonds is 2. The van der Waals surface area contributed by atoms with Crippen LogP contribution in [0, 0.1) is 0 Å². The van der Waals surface area contributed by atoms with E-state index in [4.69, 9.17) is 5.11 Å². The van der Waals surface area contributed by atoms with Crippen molar-refractivity contribution in [1.29, 1.82) is 0 Å². The van der Waals surface area contributed by atoms with Crippen LogP contribution in [0.2, 0.25) is 0 Å². The fraction of sp³-hybridized carbons (Fsp3) is 0.0769. The van der Waals surface area contributed by atoms with Gasteiger partial charge in [-0.25, -0.2) is 0 Å². The molecule has 3 heteroatoms. The number of benzene rings is 2. The summed E-state index contributed by atoms with van der Waals surface area (Å²) in [6, 6.07) is 12.6. The molecule has 0 saturated heterocycles. The number of phenolic OH excluding ortho intramolecular Hbond substituents is 1. The van der Waals surface area contributed by atoms with Gasteiger partial charge in [0, 0.05) is 11.1 Å². The molecule has 0 spiro atoms. The zero-order valence-corrected chi connectivity index (χ0v) is 8.40. The Morgan fingerprint density at radius 1 is 0.750 bits per heavy atom. The van der Waals surface area contributed by atoms with Gasteiger partial charge in [0.1, 0.15) is 5.75 Å². The first-order valence-corrected chi connectivity index (χ1v) is 4.83. The maximum Gasteiger partial charge on any atom is 0.298 e. The second-order valence-corrected chi connectivity index (χ2v) is 3.49. The molecule has 0 heterocycles. The predicted octanol–water partition coefficient (Wildman–Crippen LogP) is 3.53. The number of halogens is 2. The van der Waals surface area contributed by atoms with Gasteiger partial charge in [-0.1, -0.05) is 30.3 Å². The number of aromatic hydroxyl groups is 1. The van der Waals surface area contributed by atoms with Crippen LogP contribution in [0.1, 0.15) is 11.1 Å². The van der Waals surface area contributed by atoms with Crippen LogP contribution in [0.5, 0.6) is 5.75 Å². The molecule has 0 saturated carbocycles. The van der Waals surface area contributed by atoms with Gasteiger partial charge in [0.15, 0.2) is 0 Å². The molecule has 0 radical (unpaired) electrons. The van der Waals surface area contributed by atoms with Crippen molar-refractivity contribution in [2.45, 2.75) is 5.92 Å². The van der Waals surface area contributed by atoms with Crippen molar-refractivity contribution in [1.82, 2.24) is 0 Å². The Hall–Kier alpha value is -1.90. The largest absolute Gasteiger partial charge is 0.508 e. The van der Waals surface area contributed by atoms with Crippen molar-refractivity contribution in [3.63, 3.8) is 0 Å². The van der Waals surface area contributed by atoms with Crippen molar-refractivity contribution >= 4 is 0 Å². The van der Waals surface area contributed by atoms with Gasteiger partial charge in [-0.05, 0) is 24.3 Å². The van der Waals surface area contributed by atoms with Gasteiger partial charge in [-0.2, -0.15) is 8.78 Å². The summed E-state index contributed by atoms with van der Waals surface area (Å²) >= 11 is 0. The van der Waals surface area contributed by atoms with Crippen LogP contribution >= 0.6 is 0 Å². The molecule has 82 valence electrons. The molecule has 0 aromatic heterocycles. The summed E-state index contributed by atoms with van der Waals surface area (Å²) in [6.07, 6.45) is 0. The van der Waals surface area contributed by atoms with Crippen LogP contribution in [-0.4, -0.2) is 5.11 Å². The lowest BCUT2D eigenvalue weighted by atomic mass is 10.0. The Labute approximate surface area is 92.0 Å². The van der Waals surface area contributed by atoms with E-state index in [-0.39, 0.29) is 16.9 Å². The molecule has 0 aliphatic carbocycles. The molecule has 16 heavy (non-hydrogen) atoms. The SMILES string of the molecule is Oc1ccc(C(F)(F)c2ccccc2)cc1. The Kier molecular flexibility index (Phi) is 2.60. The molecule has 0 amide bonds. The minimum Gasteiger partial charge on any atom is -0.508 e. The molecular weight excluding hydrogens is 210 g/mol. The Morgan fingerprint density at radius 2 is 1.25 bits per heavy atom. The molecule has 2 aromatic carbocycles. The van der Waals surface area contributed by atoms with Gasteiger partial charge in [0.25, 0.3) is 5.92 Å². The van der Waals surface area contributed by atoms with Gasteiger partial charge in [0.05, 0.1) is 0 Å². The Bertz CT molecular complexity index is 463. The van der Waals surface area contributed by atoms with E-state index in [1.54, 1.807) is 18.2 Å². The summed E-state index contributed by atoms with van der Waals surface area (Å²) in [7, 11) is 0. The third kappa shape index (κ3) is 1.89. The molecule has 1 N–H and O–H groups in total. The highest BCUT2D eigenvalue weighted by Crippen LogP contribution is 2.35. The number of hydrogen-bond acceptors (Lipinski definition) is 1. The van der Waals surface area contributed by atoms with Crippen molar-refractivity contribution in [2.75, 3.05) is 0 Å². The maximum absolute atomic E-state index is 13.9. The Balaban J connectivity index is 2.43. The predicted molar refractivity (Wildman–Crippen MR) is 57.5 cm³/mol. The summed E-state index contributed by atoms with van der Waals surface area (Å²) in [5, 5.41) is 9.05. The van der Waals surface area contributed by atoms with Gasteiger partial charge in [-0.3, -0.25) is 0 Å². The maximum atomic E-state index is 13.9. The van der Waals surface area contributed by atoms with Crippen molar-refractivity contribution in [3.05, 3.63) is 65.7 Å². The standard InChI is InChI=1S/C13H10F2O/c14-13(15,10-4-2-1-3-5-10)11-6-8-12(16)9-7-11/h1-9,16H. The summed E-state index contributed by atoms with van der Waals surface area (Å²) in [6.45, 7) is 0. The molecule has 2 rings (SSSR count). The second-order valence-electron chi connectivity index (χ2n) is 3.49. The average molecular weight is 220 g/mol. The number of phenols is 1. The van der Waals surface area contributed by atoms with Gasteiger partial charge in [-0.15, -0.1) is 0 Å². The average Bonchev–Trinajstić information content (AvgIpc) is 2.31. The van der Waals surface area contributed by atoms with Crippen LogP contribution in [0.3, 0.4) is 0 Å². The topological polar surface area (TPSA) is 20.2 Å². The minimum absolute atomic E-state index is 0.0207. The summed E-state index contributed by atoms with van der Waals surface area (Å²) < 4.78 is 27.9. The lowest BCUT2D eigenvalue weighted by molar-refractivity contribution is 0.0428. The third-order valence-electron chi connectivity index (χ3n) is 2.37. The van der Waals surface area contributed by atoms with Crippen LogP contribution in [0.15, 0.2) is 54.6 Å². The van der Waals surface area contributed by atoms with E-state index in [1.165, 1.54) is 36.4 Å². The molecule has 2 aromatic rings. The first-order chi connectivity index (χ1) is 7.60. The quantitative estimate of drug-likeness (QED) is 0.820. The van der Waals surface area contributed by atoms with E-state index >= 15 is 0 Å². The Morgan fingerprint density at radius 3 is 1.81 bits per heavy atom. The van der Waals surface area contributed by atoms with E-state index in [2.05, 4.69) is 0 Å². The summed E-state index contributed by atoms with van der Waals surface area (Å²) in [5.41, 5.74) is -0.183. The third-order valence-corrected chi connectivity index (χ3v) is 2.37. The molecule has 0 aliphatic heterocycles. The van der Waals surface area contributed by atoms with Crippen LogP contribution in [0.4, 0.5) is 8.78 Å². The number of hydrogen-bond donors (Lipinski definition) is 1. The second kappa shape index (κ2) is 3.93. The molecule has 0 aliphatic rings. The zero-order valence-electron chi connectivity index (χ0n) is 8.40. The monoisotopic (exact) mass is 220 g/mol. The summed E-state index contributed by atoms with van der Waals surface area (Å²) in [4.78, 5) is 0. The number of alkyl halides is 2. The molecular formula is C13H10F2O. The van der Waals surface area contributed by atoms with E-state index in [0.29, 0.717) is 0 Å². The van der Waals surface area contributed by atoms with Crippen molar-refractivity contribution in [2.24, 2.45) is 0 Å². The van der Waals surface area contributed by atoms with Crippen LogP contribution in [0.25, 0.3) is 0 Å².